The fourth-order valence-electron chi connectivity index (χ4n) is 2.36. The maximum Gasteiger partial charge on any atom is 0.339 e. The molecule has 0 aromatic heterocycles. The van der Waals surface area contributed by atoms with E-state index in [9.17, 15) is 4.79 Å². The number of hydrogen-bond donors (Lipinski definition) is 1. The third kappa shape index (κ3) is 2.64. The first-order chi connectivity index (χ1) is 10.2. The van der Waals surface area contributed by atoms with Gasteiger partial charge in [0.15, 0.2) is 6.10 Å². The highest BCUT2D eigenvalue weighted by Gasteiger charge is 2.40. The average molecular weight is 293 g/mol. The Bertz CT molecular complexity index is 585. The highest BCUT2D eigenvalue weighted by molar-refractivity contribution is 5.91. The standard InChI is InChI=1S/C14H15NO6/c1-18-11-3-2-8(4-9(11)14(16)17)5-20-13-10-6-19-7-12(10)21-15-13/h2-4,10,12H,5-7H2,1H3,(H,16,17). The van der Waals surface area contributed by atoms with Crippen LogP contribution in [0, 0.1) is 5.92 Å². The van der Waals surface area contributed by atoms with Crippen LogP contribution in [0.2, 0.25) is 0 Å². The van der Waals surface area contributed by atoms with Crippen molar-refractivity contribution in [3.63, 3.8) is 0 Å². The van der Waals surface area contributed by atoms with E-state index in [-0.39, 0.29) is 24.2 Å². The number of rotatable bonds is 4. The lowest BCUT2D eigenvalue weighted by atomic mass is 10.1. The molecule has 0 radical (unpaired) electrons. The van der Waals surface area contributed by atoms with Gasteiger partial charge in [0.25, 0.3) is 0 Å². The molecular weight excluding hydrogens is 278 g/mol. The lowest BCUT2D eigenvalue weighted by Crippen LogP contribution is -2.22. The minimum atomic E-state index is -1.04. The van der Waals surface area contributed by atoms with E-state index in [0.717, 1.165) is 5.56 Å². The maximum absolute atomic E-state index is 11.2. The topological polar surface area (TPSA) is 86.6 Å². The molecule has 7 nitrogen and oxygen atoms in total. The monoisotopic (exact) mass is 293 g/mol. The zero-order chi connectivity index (χ0) is 14.8. The van der Waals surface area contributed by atoms with Gasteiger partial charge in [0.05, 0.1) is 20.3 Å². The van der Waals surface area contributed by atoms with E-state index in [4.69, 9.17) is 24.2 Å². The molecule has 21 heavy (non-hydrogen) atoms. The first-order valence-electron chi connectivity index (χ1n) is 6.53. The van der Waals surface area contributed by atoms with Crippen LogP contribution < -0.4 is 4.74 Å². The number of carboxylic acid groups (broad SMARTS) is 1. The summed E-state index contributed by atoms with van der Waals surface area (Å²) in [5, 5.41) is 13.0. The summed E-state index contributed by atoms with van der Waals surface area (Å²) < 4.78 is 15.9. The number of fused-ring (bicyclic) bond motifs is 1. The molecule has 2 aliphatic heterocycles. The zero-order valence-electron chi connectivity index (χ0n) is 11.4. The van der Waals surface area contributed by atoms with Gasteiger partial charge < -0.3 is 24.2 Å². The van der Waals surface area contributed by atoms with Crippen LogP contribution in [0.3, 0.4) is 0 Å². The van der Waals surface area contributed by atoms with E-state index >= 15 is 0 Å². The van der Waals surface area contributed by atoms with Crippen molar-refractivity contribution in [2.24, 2.45) is 11.1 Å². The third-order valence-electron chi connectivity index (χ3n) is 3.50. The maximum atomic E-state index is 11.2. The summed E-state index contributed by atoms with van der Waals surface area (Å²) in [5.41, 5.74) is 0.823. The number of oxime groups is 1. The first-order valence-corrected chi connectivity index (χ1v) is 6.53. The smallest absolute Gasteiger partial charge is 0.339 e. The van der Waals surface area contributed by atoms with Gasteiger partial charge in [-0.2, -0.15) is 0 Å². The second-order valence-electron chi connectivity index (χ2n) is 4.85. The molecule has 0 bridgehead atoms. The molecular formula is C14H15NO6. The molecule has 2 atom stereocenters. The molecule has 0 spiro atoms. The van der Waals surface area contributed by atoms with Crippen LogP contribution in [0.4, 0.5) is 0 Å². The highest BCUT2D eigenvalue weighted by atomic mass is 16.7. The third-order valence-corrected chi connectivity index (χ3v) is 3.50. The Morgan fingerprint density at radius 1 is 1.48 bits per heavy atom. The molecule has 1 aromatic rings. The van der Waals surface area contributed by atoms with E-state index in [2.05, 4.69) is 5.16 Å². The minimum absolute atomic E-state index is 0.0298. The Labute approximate surface area is 121 Å². The molecule has 0 aliphatic carbocycles. The van der Waals surface area contributed by atoms with E-state index in [0.29, 0.717) is 24.9 Å². The van der Waals surface area contributed by atoms with Crippen molar-refractivity contribution in [3.05, 3.63) is 29.3 Å². The van der Waals surface area contributed by atoms with Crippen LogP contribution in [0.25, 0.3) is 0 Å². The van der Waals surface area contributed by atoms with Crippen LogP contribution >= 0.6 is 0 Å². The van der Waals surface area contributed by atoms with Gasteiger partial charge in [-0.15, -0.1) is 0 Å². The van der Waals surface area contributed by atoms with Gasteiger partial charge in [-0.25, -0.2) is 4.79 Å². The largest absolute Gasteiger partial charge is 0.496 e. The molecule has 2 unspecified atom stereocenters. The van der Waals surface area contributed by atoms with Crippen molar-refractivity contribution in [3.8, 4) is 5.75 Å². The summed E-state index contributed by atoms with van der Waals surface area (Å²) >= 11 is 0. The SMILES string of the molecule is COc1ccc(COC2=NOC3COCC23)cc1C(=O)O. The highest BCUT2D eigenvalue weighted by Crippen LogP contribution is 2.26. The summed E-state index contributed by atoms with van der Waals surface area (Å²) in [5.74, 6) is -0.191. The molecule has 1 saturated heterocycles. The molecule has 2 aliphatic rings. The Hall–Kier alpha value is -2.28. The van der Waals surface area contributed by atoms with Gasteiger partial charge in [0, 0.05) is 0 Å². The van der Waals surface area contributed by atoms with Crippen molar-refractivity contribution in [2.45, 2.75) is 12.7 Å². The molecule has 2 heterocycles. The Morgan fingerprint density at radius 2 is 2.33 bits per heavy atom. The number of methoxy groups -OCH3 is 1. The number of carbonyl (C=O) groups is 1. The second kappa shape index (κ2) is 5.61. The second-order valence-corrected chi connectivity index (χ2v) is 4.85. The van der Waals surface area contributed by atoms with Crippen molar-refractivity contribution < 1.29 is 28.9 Å². The Morgan fingerprint density at radius 3 is 3.10 bits per heavy atom. The van der Waals surface area contributed by atoms with E-state index < -0.39 is 5.97 Å². The summed E-state index contributed by atoms with van der Waals surface area (Å²) in [6.45, 7) is 1.27. The molecule has 1 aromatic carbocycles. The van der Waals surface area contributed by atoms with Gasteiger partial charge in [-0.05, 0) is 17.7 Å². The lowest BCUT2D eigenvalue weighted by molar-refractivity contribution is 0.0551. The van der Waals surface area contributed by atoms with Crippen LogP contribution in [0.5, 0.6) is 5.75 Å². The van der Waals surface area contributed by atoms with Gasteiger partial charge >= 0.3 is 5.97 Å². The lowest BCUT2D eigenvalue weighted by Gasteiger charge is -2.11. The van der Waals surface area contributed by atoms with Crippen LogP contribution in [-0.4, -0.2) is 43.4 Å². The van der Waals surface area contributed by atoms with Gasteiger partial charge in [-0.1, -0.05) is 11.2 Å². The predicted molar refractivity (Wildman–Crippen MR) is 71.4 cm³/mol. The number of carboxylic acids is 1. The summed E-state index contributed by atoms with van der Waals surface area (Å²) in [4.78, 5) is 16.4. The quantitative estimate of drug-likeness (QED) is 0.899. The van der Waals surface area contributed by atoms with Gasteiger partial charge in [-0.3, -0.25) is 0 Å². The van der Waals surface area contributed by atoms with Crippen molar-refractivity contribution >= 4 is 11.9 Å². The van der Waals surface area contributed by atoms with Crippen LogP contribution in [0.1, 0.15) is 15.9 Å². The normalized spacial score (nSPS) is 23.2. The predicted octanol–water partition coefficient (Wildman–Crippen LogP) is 1.27. The van der Waals surface area contributed by atoms with Crippen LogP contribution in [0.15, 0.2) is 23.4 Å². The van der Waals surface area contributed by atoms with Gasteiger partial charge in [0.1, 0.15) is 23.8 Å². The average Bonchev–Trinajstić information content (AvgIpc) is 3.08. The Kier molecular flexibility index (Phi) is 3.66. The molecule has 0 amide bonds. The summed E-state index contributed by atoms with van der Waals surface area (Å²) in [6, 6.07) is 4.89. The fourth-order valence-corrected chi connectivity index (χ4v) is 2.36. The Balaban J connectivity index is 1.68. The molecule has 0 saturated carbocycles. The molecule has 1 fully saturated rings. The van der Waals surface area contributed by atoms with Gasteiger partial charge in [0.2, 0.25) is 5.90 Å². The van der Waals surface area contributed by atoms with E-state index in [1.165, 1.54) is 13.2 Å². The molecule has 7 heteroatoms. The van der Waals surface area contributed by atoms with Crippen molar-refractivity contribution in [2.75, 3.05) is 20.3 Å². The zero-order valence-corrected chi connectivity index (χ0v) is 11.4. The molecule has 3 rings (SSSR count). The number of hydrogen-bond acceptors (Lipinski definition) is 6. The van der Waals surface area contributed by atoms with E-state index in [1.807, 2.05) is 0 Å². The van der Waals surface area contributed by atoms with Crippen molar-refractivity contribution in [1.29, 1.82) is 0 Å². The van der Waals surface area contributed by atoms with Crippen molar-refractivity contribution in [1.82, 2.24) is 0 Å². The molecule has 1 N–H and O–H groups in total. The summed E-state index contributed by atoms with van der Waals surface area (Å²) in [6.07, 6.45) is -0.0644. The van der Waals surface area contributed by atoms with E-state index in [1.54, 1.807) is 12.1 Å². The number of benzene rings is 1. The first kappa shape index (κ1) is 13.7. The number of aromatic carboxylic acids is 1. The fraction of sp³-hybridized carbons (Fsp3) is 0.429. The number of ether oxygens (including phenoxy) is 3. The number of nitrogens with zero attached hydrogens (tertiary/aromatic N) is 1. The minimum Gasteiger partial charge on any atom is -0.496 e. The van der Waals surface area contributed by atoms with Crippen LogP contribution in [-0.2, 0) is 20.9 Å². The summed E-state index contributed by atoms with van der Waals surface area (Å²) in [7, 11) is 1.43. The molecule has 112 valence electrons.